The minimum Gasteiger partial charge on any atom is -0.492 e. The predicted octanol–water partition coefficient (Wildman–Crippen LogP) is 2.95. The molecule has 1 rings (SSSR count). The van der Waals surface area contributed by atoms with E-state index in [9.17, 15) is 9.90 Å². The summed E-state index contributed by atoms with van der Waals surface area (Å²) < 4.78 is 0. The van der Waals surface area contributed by atoms with E-state index in [1.165, 1.54) is 12.3 Å². The number of pyridine rings is 1. The number of nitrogens with one attached hydrogen (secondary N) is 2. The minimum absolute atomic E-state index is 0.00443. The number of allylic oxidation sites excluding steroid dienone is 4. The number of hydrogen-bond donors (Lipinski definition) is 3. The lowest BCUT2D eigenvalue weighted by molar-refractivity contribution is 0.0957. The first-order chi connectivity index (χ1) is 11.4. The highest BCUT2D eigenvalue weighted by molar-refractivity contribution is 6.32. The van der Waals surface area contributed by atoms with E-state index in [0.717, 1.165) is 0 Å². The number of aromatic hydroxyl groups is 1. The lowest BCUT2D eigenvalue weighted by Crippen LogP contribution is -2.28. The summed E-state index contributed by atoms with van der Waals surface area (Å²) in [5.41, 5.74) is 1.86. The zero-order valence-corrected chi connectivity index (χ0v) is 14.3. The lowest BCUT2D eigenvalue weighted by atomic mass is 10.0. The summed E-state index contributed by atoms with van der Waals surface area (Å²) in [6.07, 6.45) is 7.94. The Kier molecular flexibility index (Phi) is 7.58. The van der Waals surface area contributed by atoms with Gasteiger partial charge in [-0.2, -0.15) is 0 Å². The summed E-state index contributed by atoms with van der Waals surface area (Å²) in [6, 6.07) is 1.33. The fraction of sp³-hybridized carbons (Fsp3) is 0.176. The quantitative estimate of drug-likeness (QED) is 0.523. The molecule has 1 aromatic heterocycles. The van der Waals surface area contributed by atoms with Crippen molar-refractivity contribution >= 4 is 29.4 Å². The maximum absolute atomic E-state index is 12.2. The second-order valence-electron chi connectivity index (χ2n) is 4.74. The van der Waals surface area contributed by atoms with Crippen LogP contribution in [0.15, 0.2) is 53.2 Å². The third kappa shape index (κ3) is 5.48. The van der Waals surface area contributed by atoms with E-state index in [1.54, 1.807) is 38.4 Å². The summed E-state index contributed by atoms with van der Waals surface area (Å²) in [6.45, 7) is 5.50. The molecule has 0 fully saturated rings. The second-order valence-corrected chi connectivity index (χ2v) is 5.15. The molecule has 7 heteroatoms. The summed E-state index contributed by atoms with van der Waals surface area (Å²) in [7, 11) is 1.65. The van der Waals surface area contributed by atoms with Crippen molar-refractivity contribution in [2.45, 2.75) is 6.92 Å². The summed E-state index contributed by atoms with van der Waals surface area (Å²) >= 11 is 5.74. The maximum Gasteiger partial charge on any atom is 0.253 e. The van der Waals surface area contributed by atoms with Crippen LogP contribution in [0.5, 0.6) is 5.88 Å². The number of aliphatic imine (C=N–C) groups is 1. The van der Waals surface area contributed by atoms with Gasteiger partial charge in [-0.25, -0.2) is 4.98 Å². The minimum atomic E-state index is -0.411. The van der Waals surface area contributed by atoms with Crippen molar-refractivity contribution in [3.8, 4) is 5.88 Å². The van der Waals surface area contributed by atoms with Gasteiger partial charge in [0.25, 0.3) is 5.91 Å². The van der Waals surface area contributed by atoms with Crippen LogP contribution in [0.25, 0.3) is 0 Å². The second kappa shape index (κ2) is 9.42. The molecule has 3 N–H and O–H groups in total. The van der Waals surface area contributed by atoms with Crippen molar-refractivity contribution in [2.24, 2.45) is 4.99 Å². The molecule has 0 aliphatic rings. The zero-order valence-electron chi connectivity index (χ0n) is 13.5. The van der Waals surface area contributed by atoms with E-state index in [1.807, 2.05) is 0 Å². The number of nitrogens with zero attached hydrogens (tertiary/aromatic N) is 2. The molecule has 126 valence electrons. The van der Waals surface area contributed by atoms with Gasteiger partial charge in [0.1, 0.15) is 5.02 Å². The summed E-state index contributed by atoms with van der Waals surface area (Å²) in [4.78, 5) is 19.6. The van der Waals surface area contributed by atoms with Crippen molar-refractivity contribution in [1.82, 2.24) is 10.3 Å². The molecule has 1 aromatic rings. The van der Waals surface area contributed by atoms with Crippen molar-refractivity contribution in [1.29, 1.82) is 5.41 Å². The van der Waals surface area contributed by atoms with Gasteiger partial charge in [0, 0.05) is 31.7 Å². The van der Waals surface area contributed by atoms with Crippen LogP contribution in [0.2, 0.25) is 5.02 Å². The number of hydrogen-bond acceptors (Lipinski definition) is 5. The van der Waals surface area contributed by atoms with Gasteiger partial charge in [0.05, 0.1) is 5.56 Å². The molecule has 0 saturated heterocycles. The van der Waals surface area contributed by atoms with E-state index >= 15 is 0 Å². The SMILES string of the molecule is C=CC(/C=C\C=N/C)=C(/CNC(=O)c1cnc(O)c(Cl)c1)C(C)=N. The van der Waals surface area contributed by atoms with Gasteiger partial charge in [0.2, 0.25) is 5.88 Å². The molecule has 6 nitrogen and oxygen atoms in total. The van der Waals surface area contributed by atoms with Crippen LogP contribution in [0, 0.1) is 5.41 Å². The third-order valence-electron chi connectivity index (χ3n) is 3.04. The van der Waals surface area contributed by atoms with Crippen LogP contribution in [0.1, 0.15) is 17.3 Å². The molecule has 0 aromatic carbocycles. The van der Waals surface area contributed by atoms with E-state index in [0.29, 0.717) is 16.9 Å². The van der Waals surface area contributed by atoms with Crippen LogP contribution in [-0.2, 0) is 0 Å². The summed E-state index contributed by atoms with van der Waals surface area (Å²) in [5.74, 6) is -0.744. The molecule has 0 aliphatic carbocycles. The average molecular weight is 347 g/mol. The van der Waals surface area contributed by atoms with Gasteiger partial charge in [-0.3, -0.25) is 9.79 Å². The van der Waals surface area contributed by atoms with E-state index in [-0.39, 0.29) is 23.0 Å². The number of rotatable bonds is 7. The topological polar surface area (TPSA) is 98.4 Å². The molecule has 0 spiro atoms. The largest absolute Gasteiger partial charge is 0.492 e. The van der Waals surface area contributed by atoms with Gasteiger partial charge in [-0.15, -0.1) is 0 Å². The molecular formula is C17H19ClN4O2. The normalized spacial score (nSPS) is 12.3. The molecule has 0 unspecified atom stereocenters. The third-order valence-corrected chi connectivity index (χ3v) is 3.32. The van der Waals surface area contributed by atoms with Crippen LogP contribution < -0.4 is 5.32 Å². The predicted molar refractivity (Wildman–Crippen MR) is 97.4 cm³/mol. The Morgan fingerprint density at radius 1 is 1.58 bits per heavy atom. The molecule has 0 bridgehead atoms. The first kappa shape index (κ1) is 19.3. The van der Waals surface area contributed by atoms with Crippen LogP contribution in [-0.4, -0.2) is 41.5 Å². The van der Waals surface area contributed by atoms with Gasteiger partial charge < -0.3 is 15.8 Å². The first-order valence-corrected chi connectivity index (χ1v) is 7.41. The fourth-order valence-corrected chi connectivity index (χ4v) is 1.97. The molecule has 0 atom stereocenters. The molecule has 24 heavy (non-hydrogen) atoms. The van der Waals surface area contributed by atoms with Gasteiger partial charge in [-0.1, -0.05) is 30.3 Å². The number of amides is 1. The Morgan fingerprint density at radius 3 is 2.83 bits per heavy atom. The van der Waals surface area contributed by atoms with Crippen LogP contribution in [0.4, 0.5) is 0 Å². The van der Waals surface area contributed by atoms with Crippen molar-refractivity contribution in [3.63, 3.8) is 0 Å². The van der Waals surface area contributed by atoms with Gasteiger partial charge in [0.15, 0.2) is 0 Å². The monoisotopic (exact) mass is 346 g/mol. The number of aromatic nitrogens is 1. The molecule has 0 radical (unpaired) electrons. The van der Waals surface area contributed by atoms with Crippen LogP contribution in [0.3, 0.4) is 0 Å². The Labute approximate surface area is 145 Å². The fourth-order valence-electron chi connectivity index (χ4n) is 1.80. The van der Waals surface area contributed by atoms with Crippen LogP contribution >= 0.6 is 11.6 Å². The smallest absolute Gasteiger partial charge is 0.253 e. The van der Waals surface area contributed by atoms with Crippen molar-refractivity contribution in [3.05, 3.63) is 58.8 Å². The molecule has 0 saturated carbocycles. The van der Waals surface area contributed by atoms with E-state index < -0.39 is 5.91 Å². The number of carbonyl (C=O) groups excluding carboxylic acids is 1. The molecule has 1 heterocycles. The Morgan fingerprint density at radius 2 is 2.29 bits per heavy atom. The summed E-state index contributed by atoms with van der Waals surface area (Å²) in [5, 5.41) is 19.9. The highest BCUT2D eigenvalue weighted by atomic mass is 35.5. The highest BCUT2D eigenvalue weighted by Crippen LogP contribution is 2.20. The molecule has 1 amide bonds. The maximum atomic E-state index is 12.2. The highest BCUT2D eigenvalue weighted by Gasteiger charge is 2.11. The van der Waals surface area contributed by atoms with E-state index in [4.69, 9.17) is 17.0 Å². The lowest BCUT2D eigenvalue weighted by Gasteiger charge is -2.11. The first-order valence-electron chi connectivity index (χ1n) is 7.03. The molecule has 0 aliphatic heterocycles. The van der Waals surface area contributed by atoms with Crippen molar-refractivity contribution in [2.75, 3.05) is 13.6 Å². The van der Waals surface area contributed by atoms with Crippen molar-refractivity contribution < 1.29 is 9.90 Å². The van der Waals surface area contributed by atoms with Gasteiger partial charge in [-0.05, 0) is 30.2 Å². The van der Waals surface area contributed by atoms with E-state index in [2.05, 4.69) is 21.9 Å². The Hall–Kier alpha value is -2.73. The average Bonchev–Trinajstić information content (AvgIpc) is 2.55. The Bertz CT molecular complexity index is 736. The number of carbonyl (C=O) groups is 1. The van der Waals surface area contributed by atoms with Gasteiger partial charge >= 0.3 is 0 Å². The number of halogens is 1. The molecular weight excluding hydrogens is 328 g/mol. The zero-order chi connectivity index (χ0) is 18.1. The standard InChI is InChI=1S/C17H19ClN4O2/c1-4-12(6-5-7-20-3)14(11(2)19)10-22-16(23)13-8-15(18)17(24)21-9-13/h4-9,19H,1,10H2,2-3H3,(H,21,24)(H,22,23)/b6-5-,14-12+,19-11?,20-7-. The Balaban J connectivity index is 2.96.